The zero-order chi connectivity index (χ0) is 10.4. The second-order valence-corrected chi connectivity index (χ2v) is 3.68. The van der Waals surface area contributed by atoms with Crippen molar-refractivity contribution in [3.63, 3.8) is 0 Å². The molecule has 4 heteroatoms. The molecule has 1 N–H and O–H groups in total. The second kappa shape index (κ2) is 5.98. The Kier molecular flexibility index (Phi) is 4.90. The van der Waals surface area contributed by atoms with Gasteiger partial charge in [-0.1, -0.05) is 0 Å². The molecule has 1 fully saturated rings. The molecule has 4 nitrogen and oxygen atoms in total. The van der Waals surface area contributed by atoms with E-state index in [0.717, 1.165) is 45.0 Å². The topological polar surface area (TPSA) is 39.6 Å². The lowest BCUT2D eigenvalue weighted by atomic mass is 10.3. The number of likely N-dealkylation sites (N-methyl/N-ethyl adjacent to an activating group) is 1. The molecule has 0 amide bonds. The van der Waals surface area contributed by atoms with Gasteiger partial charge >= 0.3 is 0 Å². The van der Waals surface area contributed by atoms with Crippen molar-refractivity contribution >= 4 is 5.84 Å². The fourth-order valence-electron chi connectivity index (χ4n) is 1.55. The zero-order valence-electron chi connectivity index (χ0n) is 9.25. The van der Waals surface area contributed by atoms with E-state index in [2.05, 4.69) is 16.8 Å². The average molecular weight is 199 g/mol. The van der Waals surface area contributed by atoms with Crippen LogP contribution in [0.5, 0.6) is 0 Å². The van der Waals surface area contributed by atoms with Crippen LogP contribution in [-0.4, -0.2) is 62.1 Å². The molecule has 0 aromatic carbocycles. The normalized spacial score (nSPS) is 18.6. The Morgan fingerprint density at radius 1 is 1.29 bits per heavy atom. The van der Waals surface area contributed by atoms with Crippen molar-refractivity contribution < 1.29 is 4.74 Å². The summed E-state index contributed by atoms with van der Waals surface area (Å²) in [4.78, 5) is 4.45. The van der Waals surface area contributed by atoms with E-state index in [0.29, 0.717) is 6.61 Å². The van der Waals surface area contributed by atoms with E-state index in [1.54, 1.807) is 0 Å². The number of hydrogen-bond acceptors (Lipinski definition) is 3. The standard InChI is InChI=1S/C10H21N3O/c1-3-14-9-4-10(11)13-7-5-12(2)6-8-13/h11H,3-9H2,1-2H3. The first-order valence-corrected chi connectivity index (χ1v) is 5.32. The maximum atomic E-state index is 7.85. The number of nitrogens with one attached hydrogen (secondary N) is 1. The number of hydrogen-bond donors (Lipinski definition) is 1. The SMILES string of the molecule is CCOCCC(=N)N1CCN(C)CC1. The van der Waals surface area contributed by atoms with Gasteiger partial charge in [0.05, 0.1) is 12.4 Å². The molecule has 0 saturated carbocycles. The van der Waals surface area contributed by atoms with Gasteiger partial charge in [0, 0.05) is 39.2 Å². The first kappa shape index (κ1) is 11.5. The highest BCUT2D eigenvalue weighted by Gasteiger charge is 2.15. The molecule has 0 bridgehead atoms. The minimum atomic E-state index is 0.682. The monoisotopic (exact) mass is 199 g/mol. The summed E-state index contributed by atoms with van der Waals surface area (Å²) in [5.41, 5.74) is 0. The van der Waals surface area contributed by atoms with Gasteiger partial charge in [-0.3, -0.25) is 5.41 Å². The van der Waals surface area contributed by atoms with E-state index in [1.807, 2.05) is 6.92 Å². The summed E-state index contributed by atoms with van der Waals surface area (Å²) in [6, 6.07) is 0. The van der Waals surface area contributed by atoms with Crippen molar-refractivity contribution in [3.8, 4) is 0 Å². The molecule has 0 unspecified atom stereocenters. The fraction of sp³-hybridized carbons (Fsp3) is 0.900. The largest absolute Gasteiger partial charge is 0.381 e. The van der Waals surface area contributed by atoms with Crippen molar-refractivity contribution in [2.45, 2.75) is 13.3 Å². The van der Waals surface area contributed by atoms with Gasteiger partial charge in [0.2, 0.25) is 0 Å². The predicted octanol–water partition coefficient (Wildman–Crippen LogP) is 0.638. The van der Waals surface area contributed by atoms with E-state index >= 15 is 0 Å². The molecule has 1 saturated heterocycles. The third kappa shape index (κ3) is 3.64. The first-order valence-electron chi connectivity index (χ1n) is 5.32. The Labute approximate surface area is 86.3 Å². The van der Waals surface area contributed by atoms with Crippen LogP contribution in [0.25, 0.3) is 0 Å². The van der Waals surface area contributed by atoms with Crippen LogP contribution in [0.3, 0.4) is 0 Å². The van der Waals surface area contributed by atoms with Gasteiger partial charge in [-0.25, -0.2) is 0 Å². The molecule has 0 aromatic rings. The maximum absolute atomic E-state index is 7.85. The molecule has 0 aliphatic carbocycles. The minimum absolute atomic E-state index is 0.682. The number of rotatable bonds is 4. The van der Waals surface area contributed by atoms with Crippen LogP contribution < -0.4 is 0 Å². The van der Waals surface area contributed by atoms with E-state index in [1.165, 1.54) is 0 Å². The van der Waals surface area contributed by atoms with Crippen molar-refractivity contribution in [1.82, 2.24) is 9.80 Å². The zero-order valence-corrected chi connectivity index (χ0v) is 9.25. The van der Waals surface area contributed by atoms with Crippen LogP contribution in [0.2, 0.25) is 0 Å². The highest BCUT2D eigenvalue weighted by molar-refractivity contribution is 5.79. The van der Waals surface area contributed by atoms with E-state index < -0.39 is 0 Å². The van der Waals surface area contributed by atoms with Crippen molar-refractivity contribution in [3.05, 3.63) is 0 Å². The van der Waals surface area contributed by atoms with Crippen LogP contribution in [0.4, 0.5) is 0 Å². The van der Waals surface area contributed by atoms with Gasteiger partial charge in [0.1, 0.15) is 0 Å². The van der Waals surface area contributed by atoms with Crippen LogP contribution in [-0.2, 0) is 4.74 Å². The summed E-state index contributed by atoms with van der Waals surface area (Å²) >= 11 is 0. The molecule has 0 atom stereocenters. The van der Waals surface area contributed by atoms with Crippen LogP contribution in [0, 0.1) is 5.41 Å². The van der Waals surface area contributed by atoms with E-state index in [-0.39, 0.29) is 0 Å². The van der Waals surface area contributed by atoms with Crippen LogP contribution >= 0.6 is 0 Å². The first-order chi connectivity index (χ1) is 6.74. The van der Waals surface area contributed by atoms with Gasteiger partial charge in [-0.2, -0.15) is 0 Å². The number of amidine groups is 1. The van der Waals surface area contributed by atoms with Gasteiger partial charge in [-0.15, -0.1) is 0 Å². The molecule has 1 aliphatic rings. The van der Waals surface area contributed by atoms with Crippen molar-refractivity contribution in [1.29, 1.82) is 5.41 Å². The molecule has 1 rings (SSSR count). The molecule has 1 heterocycles. The van der Waals surface area contributed by atoms with Gasteiger partial charge in [0.25, 0.3) is 0 Å². The smallest absolute Gasteiger partial charge is 0.0981 e. The molecule has 0 spiro atoms. The Hall–Kier alpha value is -0.610. The average Bonchev–Trinajstić information content (AvgIpc) is 2.19. The third-order valence-electron chi connectivity index (χ3n) is 2.57. The number of nitrogens with zero attached hydrogens (tertiary/aromatic N) is 2. The Balaban J connectivity index is 2.17. The third-order valence-corrected chi connectivity index (χ3v) is 2.57. The van der Waals surface area contributed by atoms with E-state index in [4.69, 9.17) is 10.1 Å². The lowest BCUT2D eigenvalue weighted by Crippen LogP contribution is -2.47. The van der Waals surface area contributed by atoms with E-state index in [9.17, 15) is 0 Å². The Morgan fingerprint density at radius 3 is 2.50 bits per heavy atom. The molecule has 1 aliphatic heterocycles. The number of ether oxygens (including phenoxy) is 1. The quantitative estimate of drug-likeness (QED) is 0.410. The molecule has 82 valence electrons. The predicted molar refractivity (Wildman–Crippen MR) is 57.9 cm³/mol. The second-order valence-electron chi connectivity index (χ2n) is 3.68. The van der Waals surface area contributed by atoms with Crippen LogP contribution in [0.1, 0.15) is 13.3 Å². The summed E-state index contributed by atoms with van der Waals surface area (Å²) in [5.74, 6) is 0.728. The minimum Gasteiger partial charge on any atom is -0.381 e. The highest BCUT2D eigenvalue weighted by Crippen LogP contribution is 2.02. The molecular formula is C10H21N3O. The lowest BCUT2D eigenvalue weighted by molar-refractivity contribution is 0.149. The molecule has 0 aromatic heterocycles. The summed E-state index contributed by atoms with van der Waals surface area (Å²) in [5, 5.41) is 7.85. The van der Waals surface area contributed by atoms with Crippen molar-refractivity contribution in [2.75, 3.05) is 46.4 Å². The molecular weight excluding hydrogens is 178 g/mol. The molecule has 14 heavy (non-hydrogen) atoms. The summed E-state index contributed by atoms with van der Waals surface area (Å²) < 4.78 is 5.24. The number of piperazine rings is 1. The lowest BCUT2D eigenvalue weighted by Gasteiger charge is -2.34. The summed E-state index contributed by atoms with van der Waals surface area (Å²) in [6.07, 6.45) is 0.748. The van der Waals surface area contributed by atoms with Crippen LogP contribution in [0.15, 0.2) is 0 Å². The molecule has 0 radical (unpaired) electrons. The highest BCUT2D eigenvalue weighted by atomic mass is 16.5. The van der Waals surface area contributed by atoms with Crippen molar-refractivity contribution in [2.24, 2.45) is 0 Å². The maximum Gasteiger partial charge on any atom is 0.0981 e. The van der Waals surface area contributed by atoms with Gasteiger partial charge in [-0.05, 0) is 14.0 Å². The van der Waals surface area contributed by atoms with Gasteiger partial charge < -0.3 is 14.5 Å². The Bertz CT molecular complexity index is 176. The summed E-state index contributed by atoms with van der Waals surface area (Å²) in [7, 11) is 2.13. The summed E-state index contributed by atoms with van der Waals surface area (Å²) in [6.45, 7) is 7.52. The van der Waals surface area contributed by atoms with Gasteiger partial charge in [0.15, 0.2) is 0 Å². The fourth-order valence-corrected chi connectivity index (χ4v) is 1.55. The Morgan fingerprint density at radius 2 is 1.93 bits per heavy atom.